The fourth-order valence-electron chi connectivity index (χ4n) is 3.24. The Labute approximate surface area is 166 Å². The van der Waals surface area contributed by atoms with Gasteiger partial charge in [-0.25, -0.2) is 4.85 Å². The van der Waals surface area contributed by atoms with Crippen molar-refractivity contribution in [1.82, 2.24) is 4.57 Å². The lowest BCUT2D eigenvalue weighted by Crippen LogP contribution is -2.25. The summed E-state index contributed by atoms with van der Waals surface area (Å²) in [5, 5.41) is 0. The fourth-order valence-corrected chi connectivity index (χ4v) is 3.24. The number of benzene rings is 2. The Morgan fingerprint density at radius 1 is 1.00 bits per heavy atom. The maximum absolute atomic E-state index is 13.6. The van der Waals surface area contributed by atoms with E-state index in [9.17, 15) is 18.0 Å². The Hall–Kier alpha value is -3.33. The van der Waals surface area contributed by atoms with Gasteiger partial charge in [0.05, 0.1) is 12.1 Å². The second-order valence-electron chi connectivity index (χ2n) is 7.08. The maximum Gasteiger partial charge on any atom is 0.407 e. The molecular formula is C23H19F3N2O. The van der Waals surface area contributed by atoms with Gasteiger partial charge in [-0.3, -0.25) is 4.79 Å². The zero-order valence-electron chi connectivity index (χ0n) is 16.3. The molecule has 3 aromatic rings. The normalized spacial score (nSPS) is 11.3. The van der Waals surface area contributed by atoms with E-state index in [0.717, 1.165) is 28.3 Å². The quantitative estimate of drug-likeness (QED) is 0.495. The predicted octanol–water partition coefficient (Wildman–Crippen LogP) is 6.06. The lowest BCUT2D eigenvalue weighted by molar-refractivity contribution is -0.136. The standard InChI is InChI=1S/C23H19F3N2O/c1-14-6-5-7-18(10-14)20-12-19(23(24,25)26)21(27-4)22(29)28(20)13-17-9-8-15(2)16(3)11-17/h5-12H,13H2,1-3H3. The highest BCUT2D eigenvalue weighted by molar-refractivity contribution is 5.66. The minimum atomic E-state index is -4.79. The molecule has 3 nitrogen and oxygen atoms in total. The van der Waals surface area contributed by atoms with Gasteiger partial charge in [0, 0.05) is 12.2 Å². The molecule has 0 N–H and O–H groups in total. The average Bonchev–Trinajstić information content (AvgIpc) is 2.65. The Bertz CT molecular complexity index is 1180. The lowest BCUT2D eigenvalue weighted by atomic mass is 10.0. The van der Waals surface area contributed by atoms with Gasteiger partial charge in [0.1, 0.15) is 0 Å². The van der Waals surface area contributed by atoms with Crippen LogP contribution >= 0.6 is 0 Å². The molecule has 0 aliphatic heterocycles. The van der Waals surface area contributed by atoms with Crippen LogP contribution in [-0.4, -0.2) is 4.57 Å². The van der Waals surface area contributed by atoms with Crippen molar-refractivity contribution in [1.29, 1.82) is 0 Å². The molecule has 0 aliphatic carbocycles. The van der Waals surface area contributed by atoms with Crippen LogP contribution in [0.3, 0.4) is 0 Å². The topological polar surface area (TPSA) is 26.4 Å². The van der Waals surface area contributed by atoms with Gasteiger partial charge in [-0.15, -0.1) is 0 Å². The first-order chi connectivity index (χ1) is 13.6. The fraction of sp³-hybridized carbons (Fsp3) is 0.217. The summed E-state index contributed by atoms with van der Waals surface area (Å²) in [5.74, 6) is 0. The van der Waals surface area contributed by atoms with Crippen LogP contribution in [0.2, 0.25) is 0 Å². The number of aryl methyl sites for hydroxylation is 3. The van der Waals surface area contributed by atoms with E-state index in [-0.39, 0.29) is 12.2 Å². The third-order valence-electron chi connectivity index (χ3n) is 4.92. The molecule has 0 aliphatic rings. The number of rotatable bonds is 3. The average molecular weight is 396 g/mol. The van der Waals surface area contributed by atoms with E-state index >= 15 is 0 Å². The van der Waals surface area contributed by atoms with Crippen molar-refractivity contribution in [3.05, 3.63) is 98.1 Å². The van der Waals surface area contributed by atoms with Crippen molar-refractivity contribution in [3.8, 4) is 11.3 Å². The Morgan fingerprint density at radius 2 is 1.72 bits per heavy atom. The van der Waals surface area contributed by atoms with E-state index < -0.39 is 23.0 Å². The summed E-state index contributed by atoms with van der Waals surface area (Å²) in [5.41, 5.74) is 1.31. The molecule has 148 valence electrons. The number of halogens is 3. The first-order valence-corrected chi connectivity index (χ1v) is 8.97. The van der Waals surface area contributed by atoms with Crippen LogP contribution in [-0.2, 0) is 12.7 Å². The van der Waals surface area contributed by atoms with Gasteiger partial charge in [-0.05, 0) is 55.2 Å². The minimum absolute atomic E-state index is 0.0733. The molecule has 0 amide bonds. The number of alkyl halides is 3. The Balaban J connectivity index is 2.31. The number of hydrogen-bond acceptors (Lipinski definition) is 1. The molecule has 0 fully saturated rings. The molecule has 0 unspecified atom stereocenters. The summed E-state index contributed by atoms with van der Waals surface area (Å²) in [4.78, 5) is 15.9. The van der Waals surface area contributed by atoms with Crippen LogP contribution in [0.1, 0.15) is 27.8 Å². The zero-order valence-corrected chi connectivity index (χ0v) is 16.3. The predicted molar refractivity (Wildman–Crippen MR) is 107 cm³/mol. The van der Waals surface area contributed by atoms with Gasteiger partial charge in [0.25, 0.3) is 11.2 Å². The van der Waals surface area contributed by atoms with E-state index in [1.165, 1.54) is 4.57 Å². The molecule has 0 radical (unpaired) electrons. The first-order valence-electron chi connectivity index (χ1n) is 8.97. The van der Waals surface area contributed by atoms with Crippen molar-refractivity contribution in [3.63, 3.8) is 0 Å². The summed E-state index contributed by atoms with van der Waals surface area (Å²) >= 11 is 0. The molecule has 0 spiro atoms. The van der Waals surface area contributed by atoms with Gasteiger partial charge in [0.15, 0.2) is 0 Å². The molecule has 0 saturated heterocycles. The van der Waals surface area contributed by atoms with Crippen LogP contribution < -0.4 is 5.56 Å². The number of pyridine rings is 1. The summed E-state index contributed by atoms with van der Waals surface area (Å²) in [6, 6.07) is 13.5. The van der Waals surface area contributed by atoms with Crippen molar-refractivity contribution in [2.24, 2.45) is 0 Å². The molecule has 1 aromatic heterocycles. The summed E-state index contributed by atoms with van der Waals surface area (Å²) in [7, 11) is 0. The van der Waals surface area contributed by atoms with E-state index in [0.29, 0.717) is 5.56 Å². The molecule has 0 saturated carbocycles. The van der Waals surface area contributed by atoms with Gasteiger partial charge >= 0.3 is 6.18 Å². The van der Waals surface area contributed by atoms with E-state index in [1.54, 1.807) is 18.2 Å². The van der Waals surface area contributed by atoms with Crippen LogP contribution in [0.5, 0.6) is 0 Å². The van der Waals surface area contributed by atoms with E-state index in [4.69, 9.17) is 6.57 Å². The van der Waals surface area contributed by atoms with Gasteiger partial charge < -0.3 is 4.57 Å². The molecule has 1 heterocycles. The summed E-state index contributed by atoms with van der Waals surface area (Å²) < 4.78 is 41.9. The molecule has 0 bridgehead atoms. The Morgan fingerprint density at radius 3 is 2.31 bits per heavy atom. The Kier molecular flexibility index (Phi) is 5.34. The molecular weight excluding hydrogens is 377 g/mol. The van der Waals surface area contributed by atoms with Crippen molar-refractivity contribution >= 4 is 5.69 Å². The molecule has 2 aromatic carbocycles. The highest BCUT2D eigenvalue weighted by Crippen LogP contribution is 2.37. The van der Waals surface area contributed by atoms with Gasteiger partial charge in [-0.1, -0.05) is 42.0 Å². The monoisotopic (exact) mass is 396 g/mol. The lowest BCUT2D eigenvalue weighted by Gasteiger charge is -2.18. The van der Waals surface area contributed by atoms with Crippen LogP contribution in [0.25, 0.3) is 16.1 Å². The molecule has 6 heteroatoms. The third-order valence-corrected chi connectivity index (χ3v) is 4.92. The summed E-state index contributed by atoms with van der Waals surface area (Å²) in [6.45, 7) is 13.0. The van der Waals surface area contributed by atoms with Crippen LogP contribution in [0, 0.1) is 27.3 Å². The largest absolute Gasteiger partial charge is 0.407 e. The highest BCUT2D eigenvalue weighted by atomic mass is 19.4. The van der Waals surface area contributed by atoms with Gasteiger partial charge in [-0.2, -0.15) is 13.2 Å². The number of hydrogen-bond donors (Lipinski definition) is 0. The van der Waals surface area contributed by atoms with Crippen molar-refractivity contribution in [2.45, 2.75) is 33.5 Å². The first kappa shape index (κ1) is 20.4. The molecule has 29 heavy (non-hydrogen) atoms. The minimum Gasteiger partial charge on any atom is -0.313 e. The molecule has 0 atom stereocenters. The van der Waals surface area contributed by atoms with Gasteiger partial charge in [0.2, 0.25) is 0 Å². The second-order valence-corrected chi connectivity index (χ2v) is 7.08. The number of aromatic nitrogens is 1. The number of nitrogens with zero attached hydrogens (tertiary/aromatic N) is 2. The molecule has 3 rings (SSSR count). The maximum atomic E-state index is 13.6. The zero-order chi connectivity index (χ0) is 21.3. The third kappa shape index (κ3) is 4.09. The second kappa shape index (κ2) is 7.59. The van der Waals surface area contributed by atoms with Crippen molar-refractivity contribution in [2.75, 3.05) is 0 Å². The van der Waals surface area contributed by atoms with Crippen molar-refractivity contribution < 1.29 is 13.2 Å². The van der Waals surface area contributed by atoms with Crippen LogP contribution in [0.4, 0.5) is 18.9 Å². The van der Waals surface area contributed by atoms with E-state index in [2.05, 4.69) is 4.85 Å². The summed E-state index contributed by atoms with van der Waals surface area (Å²) in [6.07, 6.45) is -4.79. The SMILES string of the molecule is [C-]#[N+]c1c(C(F)(F)F)cc(-c2cccc(C)c2)n(Cc2ccc(C)c(C)c2)c1=O. The smallest absolute Gasteiger partial charge is 0.313 e. The van der Waals surface area contributed by atoms with Crippen LogP contribution in [0.15, 0.2) is 53.3 Å². The highest BCUT2D eigenvalue weighted by Gasteiger charge is 2.36. The van der Waals surface area contributed by atoms with E-state index in [1.807, 2.05) is 45.0 Å².